The quantitative estimate of drug-likeness (QED) is 0.561. The summed E-state index contributed by atoms with van der Waals surface area (Å²) in [5.74, 6) is 0.241. The summed E-state index contributed by atoms with van der Waals surface area (Å²) in [6.45, 7) is 0. The highest BCUT2D eigenvalue weighted by Crippen LogP contribution is 2.15. The molecule has 0 aliphatic heterocycles. The first kappa shape index (κ1) is 13.9. The number of phenolic OH excluding ortho intramolecular Hbond substituents is 1. The molecule has 2 aromatic carbocycles. The van der Waals surface area contributed by atoms with E-state index in [0.717, 1.165) is 11.1 Å². The summed E-state index contributed by atoms with van der Waals surface area (Å²) >= 11 is 0. The van der Waals surface area contributed by atoms with Gasteiger partial charge in [-0.3, -0.25) is 5.43 Å². The number of hydrogen-bond acceptors (Lipinski definition) is 4. The van der Waals surface area contributed by atoms with E-state index in [-0.39, 0.29) is 11.9 Å². The Morgan fingerprint density at radius 3 is 2.55 bits per heavy atom. The molecule has 0 aliphatic carbocycles. The van der Waals surface area contributed by atoms with Gasteiger partial charge >= 0.3 is 0 Å². The monoisotopic (exact) mass is 292 g/mol. The van der Waals surface area contributed by atoms with Crippen molar-refractivity contribution in [2.45, 2.75) is 6.17 Å². The zero-order valence-corrected chi connectivity index (χ0v) is 11.9. The van der Waals surface area contributed by atoms with Gasteiger partial charge in [-0.2, -0.15) is 5.10 Å². The van der Waals surface area contributed by atoms with Gasteiger partial charge in [0.05, 0.1) is 12.5 Å². The Morgan fingerprint density at radius 1 is 1.09 bits per heavy atom. The highest BCUT2D eigenvalue weighted by atomic mass is 16.3. The second-order valence-corrected chi connectivity index (χ2v) is 4.80. The van der Waals surface area contributed by atoms with Gasteiger partial charge in [-0.25, -0.2) is 4.98 Å². The molecule has 0 saturated heterocycles. The van der Waals surface area contributed by atoms with Gasteiger partial charge < -0.3 is 9.67 Å². The molecule has 2 N–H and O–H groups in total. The highest BCUT2D eigenvalue weighted by molar-refractivity contribution is 5.79. The number of aromatic nitrogens is 2. The average molecular weight is 292 g/mol. The van der Waals surface area contributed by atoms with Gasteiger partial charge in [-0.1, -0.05) is 30.3 Å². The second kappa shape index (κ2) is 6.58. The molecule has 0 radical (unpaired) electrons. The molecule has 5 heteroatoms. The Hall–Kier alpha value is -3.08. The third-order valence-corrected chi connectivity index (χ3v) is 3.24. The Balaban J connectivity index is 1.78. The molecule has 3 aromatic rings. The van der Waals surface area contributed by atoms with Crippen LogP contribution in [0.3, 0.4) is 0 Å². The fourth-order valence-corrected chi connectivity index (χ4v) is 2.11. The van der Waals surface area contributed by atoms with Crippen molar-refractivity contribution in [3.8, 4) is 5.75 Å². The van der Waals surface area contributed by atoms with Gasteiger partial charge in [0.1, 0.15) is 11.9 Å². The number of phenols is 1. The van der Waals surface area contributed by atoms with Crippen LogP contribution in [0.5, 0.6) is 5.75 Å². The van der Waals surface area contributed by atoms with E-state index in [1.165, 1.54) is 0 Å². The number of imidazole rings is 1. The lowest BCUT2D eigenvalue weighted by molar-refractivity contribution is 0.475. The zero-order chi connectivity index (χ0) is 15.2. The summed E-state index contributed by atoms with van der Waals surface area (Å²) in [7, 11) is 0. The standard InChI is InChI=1S/C17H16N4O/c22-16-8-6-14(7-9-16)12-19-20-17(21-11-10-18-13-21)15-4-2-1-3-5-15/h1-13,17,20,22H. The lowest BCUT2D eigenvalue weighted by atomic mass is 10.2. The van der Waals surface area contributed by atoms with E-state index in [0.29, 0.717) is 0 Å². The van der Waals surface area contributed by atoms with Crippen LogP contribution in [0.4, 0.5) is 0 Å². The summed E-state index contributed by atoms with van der Waals surface area (Å²) in [4.78, 5) is 4.09. The van der Waals surface area contributed by atoms with Crippen LogP contribution >= 0.6 is 0 Å². The Labute approximate surface area is 128 Å². The van der Waals surface area contributed by atoms with Crippen molar-refractivity contribution in [3.63, 3.8) is 0 Å². The predicted molar refractivity (Wildman–Crippen MR) is 85.6 cm³/mol. The number of rotatable bonds is 5. The third-order valence-electron chi connectivity index (χ3n) is 3.24. The second-order valence-electron chi connectivity index (χ2n) is 4.80. The zero-order valence-electron chi connectivity index (χ0n) is 11.9. The largest absolute Gasteiger partial charge is 0.508 e. The lowest BCUT2D eigenvalue weighted by Crippen LogP contribution is -2.22. The van der Waals surface area contributed by atoms with Crippen LogP contribution < -0.4 is 5.43 Å². The molecular formula is C17H16N4O. The predicted octanol–water partition coefficient (Wildman–Crippen LogP) is 2.76. The minimum Gasteiger partial charge on any atom is -0.508 e. The molecule has 0 aliphatic rings. The van der Waals surface area contributed by atoms with Crippen LogP contribution in [0, 0.1) is 0 Å². The van der Waals surface area contributed by atoms with Crippen molar-refractivity contribution in [3.05, 3.63) is 84.4 Å². The van der Waals surface area contributed by atoms with E-state index in [2.05, 4.69) is 15.5 Å². The van der Waals surface area contributed by atoms with Gasteiger partial charge in [0, 0.05) is 12.4 Å². The fraction of sp³-hybridized carbons (Fsp3) is 0.0588. The molecule has 0 fully saturated rings. The van der Waals surface area contributed by atoms with Crippen molar-refractivity contribution in [2.24, 2.45) is 5.10 Å². The normalized spacial score (nSPS) is 12.4. The van der Waals surface area contributed by atoms with Crippen LogP contribution in [-0.2, 0) is 0 Å². The topological polar surface area (TPSA) is 62.4 Å². The summed E-state index contributed by atoms with van der Waals surface area (Å²) in [6.07, 6.45) is 6.96. The van der Waals surface area contributed by atoms with Crippen molar-refractivity contribution >= 4 is 6.21 Å². The summed E-state index contributed by atoms with van der Waals surface area (Å²) in [6, 6.07) is 16.9. The number of hydrogen-bond donors (Lipinski definition) is 2. The van der Waals surface area contributed by atoms with E-state index in [4.69, 9.17) is 0 Å². The van der Waals surface area contributed by atoms with Gasteiger partial charge in [-0.15, -0.1) is 0 Å². The molecule has 1 unspecified atom stereocenters. The number of benzene rings is 2. The molecule has 0 amide bonds. The van der Waals surface area contributed by atoms with Gasteiger partial charge in [0.15, 0.2) is 0 Å². The SMILES string of the molecule is Oc1ccc(C=NNC(c2ccccc2)n2ccnc2)cc1. The van der Waals surface area contributed by atoms with Crippen LogP contribution in [0.25, 0.3) is 0 Å². The van der Waals surface area contributed by atoms with Crippen LogP contribution in [0.2, 0.25) is 0 Å². The maximum atomic E-state index is 9.27. The van der Waals surface area contributed by atoms with Crippen molar-refractivity contribution in [1.29, 1.82) is 0 Å². The minimum atomic E-state index is -0.128. The fourth-order valence-electron chi connectivity index (χ4n) is 2.11. The molecule has 3 rings (SSSR count). The maximum Gasteiger partial charge on any atom is 0.146 e. The van der Waals surface area contributed by atoms with E-state index >= 15 is 0 Å². The smallest absolute Gasteiger partial charge is 0.146 e. The first-order valence-electron chi connectivity index (χ1n) is 6.93. The van der Waals surface area contributed by atoms with Crippen LogP contribution in [-0.4, -0.2) is 20.9 Å². The summed E-state index contributed by atoms with van der Waals surface area (Å²) in [5.41, 5.74) is 5.12. The molecule has 0 spiro atoms. The molecule has 1 atom stereocenters. The Kier molecular flexibility index (Phi) is 4.15. The summed E-state index contributed by atoms with van der Waals surface area (Å²) < 4.78 is 1.95. The van der Waals surface area contributed by atoms with Crippen LogP contribution in [0.1, 0.15) is 17.3 Å². The first-order chi connectivity index (χ1) is 10.8. The molecule has 22 heavy (non-hydrogen) atoms. The van der Waals surface area contributed by atoms with Gasteiger partial charge in [-0.05, 0) is 35.4 Å². The molecule has 5 nitrogen and oxygen atoms in total. The van der Waals surface area contributed by atoms with E-state index in [1.807, 2.05) is 41.1 Å². The number of nitrogens with one attached hydrogen (secondary N) is 1. The molecular weight excluding hydrogens is 276 g/mol. The van der Waals surface area contributed by atoms with E-state index < -0.39 is 0 Å². The maximum absolute atomic E-state index is 9.27. The summed E-state index contributed by atoms with van der Waals surface area (Å²) in [5, 5.41) is 13.6. The van der Waals surface area contributed by atoms with Crippen molar-refractivity contribution in [2.75, 3.05) is 0 Å². The molecule has 0 bridgehead atoms. The van der Waals surface area contributed by atoms with E-state index in [9.17, 15) is 5.11 Å². The highest BCUT2D eigenvalue weighted by Gasteiger charge is 2.10. The Morgan fingerprint density at radius 2 is 1.86 bits per heavy atom. The van der Waals surface area contributed by atoms with Crippen molar-refractivity contribution in [1.82, 2.24) is 15.0 Å². The molecule has 0 saturated carbocycles. The number of aromatic hydroxyl groups is 1. The molecule has 110 valence electrons. The number of hydrazone groups is 1. The van der Waals surface area contributed by atoms with Gasteiger partial charge in [0.25, 0.3) is 0 Å². The minimum absolute atomic E-state index is 0.128. The molecule has 1 aromatic heterocycles. The van der Waals surface area contributed by atoms with E-state index in [1.54, 1.807) is 43.0 Å². The average Bonchev–Trinajstić information content (AvgIpc) is 3.08. The molecule has 1 heterocycles. The third kappa shape index (κ3) is 3.32. The van der Waals surface area contributed by atoms with Gasteiger partial charge in [0.2, 0.25) is 0 Å². The first-order valence-corrected chi connectivity index (χ1v) is 6.93. The van der Waals surface area contributed by atoms with Crippen molar-refractivity contribution < 1.29 is 5.11 Å². The number of nitrogens with zero attached hydrogens (tertiary/aromatic N) is 3. The lowest BCUT2D eigenvalue weighted by Gasteiger charge is -2.18. The van der Waals surface area contributed by atoms with Crippen LogP contribution in [0.15, 0.2) is 78.4 Å². The Bertz CT molecular complexity index is 721.